The van der Waals surface area contributed by atoms with E-state index in [2.05, 4.69) is 15.5 Å². The van der Waals surface area contributed by atoms with Gasteiger partial charge in [-0.3, -0.25) is 14.5 Å². The van der Waals surface area contributed by atoms with Crippen molar-refractivity contribution in [1.29, 1.82) is 0 Å². The Bertz CT molecular complexity index is 724. The van der Waals surface area contributed by atoms with Gasteiger partial charge in [-0.15, -0.1) is 0 Å². The van der Waals surface area contributed by atoms with E-state index in [1.54, 1.807) is 0 Å². The van der Waals surface area contributed by atoms with Gasteiger partial charge < -0.3 is 10.6 Å². The number of nitrogens with one attached hydrogen (secondary N) is 2. The van der Waals surface area contributed by atoms with Crippen molar-refractivity contribution in [1.82, 2.24) is 10.2 Å². The van der Waals surface area contributed by atoms with Gasteiger partial charge in [0.2, 0.25) is 11.8 Å². The number of carbonyl (C=O) groups is 2. The number of fused-ring (bicyclic) bond motifs is 1. The van der Waals surface area contributed by atoms with Crippen molar-refractivity contribution in [2.45, 2.75) is 62.8 Å². The number of amides is 2. The van der Waals surface area contributed by atoms with Gasteiger partial charge >= 0.3 is 0 Å². The summed E-state index contributed by atoms with van der Waals surface area (Å²) in [5, 5.41) is 5.86. The van der Waals surface area contributed by atoms with Gasteiger partial charge in [0.25, 0.3) is 0 Å². The van der Waals surface area contributed by atoms with Crippen molar-refractivity contribution in [3.8, 4) is 0 Å². The van der Waals surface area contributed by atoms with Crippen LogP contribution in [0.3, 0.4) is 0 Å². The Morgan fingerprint density at radius 3 is 2.67 bits per heavy atom. The van der Waals surface area contributed by atoms with Crippen molar-refractivity contribution in [2.24, 2.45) is 0 Å². The standard InChI is InChI=1S/C21H28FN3O2/c22-15-6-7-18-16(12-15)17(13-19(26)24-18)20(27)23-14-21(8-2-3-9-21)25-10-4-1-5-11-25/h6-7,12,17H,1-5,8-11,13-14H2,(H,23,27)(H,24,26)/t17-/m1/s1. The number of carbonyl (C=O) groups excluding carboxylic acids is 2. The van der Waals surface area contributed by atoms with Crippen molar-refractivity contribution in [3.05, 3.63) is 29.6 Å². The molecule has 0 unspecified atom stereocenters. The number of anilines is 1. The van der Waals surface area contributed by atoms with Gasteiger partial charge in [0, 0.05) is 24.2 Å². The van der Waals surface area contributed by atoms with E-state index in [4.69, 9.17) is 0 Å². The molecular weight excluding hydrogens is 345 g/mol. The molecular formula is C21H28FN3O2. The van der Waals surface area contributed by atoms with Gasteiger partial charge in [0.05, 0.1) is 5.92 Å². The van der Waals surface area contributed by atoms with Gasteiger partial charge in [-0.1, -0.05) is 19.3 Å². The fraction of sp³-hybridized carbons (Fsp3) is 0.619. The summed E-state index contributed by atoms with van der Waals surface area (Å²) < 4.78 is 13.7. The number of rotatable bonds is 4. The van der Waals surface area contributed by atoms with Crippen LogP contribution in [0.25, 0.3) is 0 Å². The highest BCUT2D eigenvalue weighted by Crippen LogP contribution is 2.37. The fourth-order valence-corrected chi connectivity index (χ4v) is 5.05. The topological polar surface area (TPSA) is 61.4 Å². The van der Waals surface area contributed by atoms with E-state index in [0.717, 1.165) is 25.9 Å². The van der Waals surface area contributed by atoms with E-state index < -0.39 is 5.92 Å². The molecule has 1 saturated carbocycles. The first kappa shape index (κ1) is 18.4. The molecule has 5 nitrogen and oxygen atoms in total. The molecule has 4 rings (SSSR count). The predicted octanol–water partition coefficient (Wildman–Crippen LogP) is 3.17. The maximum absolute atomic E-state index is 13.7. The maximum atomic E-state index is 13.7. The molecule has 6 heteroatoms. The number of nitrogens with zero attached hydrogens (tertiary/aromatic N) is 1. The lowest BCUT2D eigenvalue weighted by Gasteiger charge is -2.44. The second-order valence-electron chi connectivity index (χ2n) is 8.23. The summed E-state index contributed by atoms with van der Waals surface area (Å²) in [5.41, 5.74) is 1.17. The van der Waals surface area contributed by atoms with Crippen LogP contribution in [0.5, 0.6) is 0 Å². The first-order chi connectivity index (χ1) is 13.1. The van der Waals surface area contributed by atoms with Gasteiger partial charge in [-0.2, -0.15) is 0 Å². The molecule has 2 heterocycles. The molecule has 2 fully saturated rings. The van der Waals surface area contributed by atoms with E-state index in [-0.39, 0.29) is 29.6 Å². The Morgan fingerprint density at radius 1 is 1.19 bits per heavy atom. The Labute approximate surface area is 159 Å². The van der Waals surface area contributed by atoms with Crippen LogP contribution in [0, 0.1) is 5.82 Å². The summed E-state index contributed by atoms with van der Waals surface area (Å²) in [4.78, 5) is 27.5. The summed E-state index contributed by atoms with van der Waals surface area (Å²) in [6, 6.07) is 4.21. The summed E-state index contributed by atoms with van der Waals surface area (Å²) in [6.07, 6.45) is 8.44. The maximum Gasteiger partial charge on any atom is 0.228 e. The van der Waals surface area contributed by atoms with Crippen LogP contribution in [0.1, 0.15) is 62.8 Å². The SMILES string of the molecule is O=C1C[C@@H](C(=O)NCC2(N3CCCCC3)CCCC2)c2cc(F)ccc2N1. The average Bonchev–Trinajstić information content (AvgIpc) is 3.17. The van der Waals surface area contributed by atoms with Gasteiger partial charge in [0.15, 0.2) is 0 Å². The van der Waals surface area contributed by atoms with Gasteiger partial charge in [-0.25, -0.2) is 4.39 Å². The number of piperidine rings is 1. The molecule has 1 aliphatic carbocycles. The first-order valence-electron chi connectivity index (χ1n) is 10.2. The number of hydrogen-bond acceptors (Lipinski definition) is 3. The van der Waals surface area contributed by atoms with Crippen LogP contribution in [0.15, 0.2) is 18.2 Å². The quantitative estimate of drug-likeness (QED) is 0.852. The number of likely N-dealkylation sites (tertiary alicyclic amines) is 1. The third kappa shape index (κ3) is 3.72. The minimum atomic E-state index is -0.621. The molecule has 1 saturated heterocycles. The fourth-order valence-electron chi connectivity index (χ4n) is 5.05. The average molecular weight is 373 g/mol. The van der Waals surface area contributed by atoms with Crippen molar-refractivity contribution < 1.29 is 14.0 Å². The smallest absolute Gasteiger partial charge is 0.228 e. The predicted molar refractivity (Wildman–Crippen MR) is 102 cm³/mol. The van der Waals surface area contributed by atoms with Gasteiger partial charge in [-0.05, 0) is 62.5 Å². The van der Waals surface area contributed by atoms with E-state index in [9.17, 15) is 14.0 Å². The molecule has 0 spiro atoms. The van der Waals surface area contributed by atoms with Crippen molar-refractivity contribution in [2.75, 3.05) is 25.0 Å². The van der Waals surface area contributed by atoms with Crippen molar-refractivity contribution in [3.63, 3.8) is 0 Å². The molecule has 1 aromatic carbocycles. The molecule has 1 aromatic rings. The Morgan fingerprint density at radius 2 is 1.93 bits per heavy atom. The summed E-state index contributed by atoms with van der Waals surface area (Å²) >= 11 is 0. The van der Waals surface area contributed by atoms with E-state index in [1.807, 2.05) is 0 Å². The highest BCUT2D eigenvalue weighted by Gasteiger charge is 2.41. The normalized spacial score (nSPS) is 24.9. The summed E-state index contributed by atoms with van der Waals surface area (Å²) in [5.74, 6) is -1.37. The molecule has 1 atom stereocenters. The molecule has 146 valence electrons. The Kier molecular flexibility index (Phi) is 5.17. The van der Waals surface area contributed by atoms with Crippen LogP contribution in [-0.2, 0) is 9.59 Å². The van der Waals surface area contributed by atoms with Crippen LogP contribution in [0.2, 0.25) is 0 Å². The lowest BCUT2D eigenvalue weighted by atomic mass is 9.88. The molecule has 2 aliphatic heterocycles. The molecule has 0 aromatic heterocycles. The monoisotopic (exact) mass is 373 g/mol. The lowest BCUT2D eigenvalue weighted by Crippen LogP contribution is -2.56. The zero-order valence-electron chi connectivity index (χ0n) is 15.7. The van der Waals surface area contributed by atoms with E-state index >= 15 is 0 Å². The largest absolute Gasteiger partial charge is 0.354 e. The van der Waals surface area contributed by atoms with E-state index in [0.29, 0.717) is 17.8 Å². The molecule has 2 amide bonds. The number of hydrogen-bond donors (Lipinski definition) is 2. The summed E-state index contributed by atoms with van der Waals surface area (Å²) in [6.45, 7) is 2.83. The van der Waals surface area contributed by atoms with Crippen molar-refractivity contribution >= 4 is 17.5 Å². The molecule has 3 aliphatic rings. The second kappa shape index (κ2) is 7.58. The minimum absolute atomic E-state index is 0.0533. The highest BCUT2D eigenvalue weighted by atomic mass is 19.1. The second-order valence-corrected chi connectivity index (χ2v) is 8.23. The van der Waals surface area contributed by atoms with Crippen LogP contribution in [0.4, 0.5) is 10.1 Å². The molecule has 0 bridgehead atoms. The highest BCUT2D eigenvalue weighted by molar-refractivity contribution is 6.01. The number of benzene rings is 1. The van der Waals surface area contributed by atoms with Crippen LogP contribution >= 0.6 is 0 Å². The minimum Gasteiger partial charge on any atom is -0.354 e. The summed E-state index contributed by atoms with van der Waals surface area (Å²) in [7, 11) is 0. The van der Waals surface area contributed by atoms with E-state index in [1.165, 1.54) is 50.3 Å². The Hall–Kier alpha value is -1.95. The van der Waals surface area contributed by atoms with Crippen LogP contribution in [-0.4, -0.2) is 41.9 Å². The third-order valence-electron chi connectivity index (χ3n) is 6.52. The van der Waals surface area contributed by atoms with Gasteiger partial charge in [0.1, 0.15) is 5.82 Å². The van der Waals surface area contributed by atoms with Crippen LogP contribution < -0.4 is 10.6 Å². The number of halogens is 1. The Balaban J connectivity index is 1.49. The lowest BCUT2D eigenvalue weighted by molar-refractivity contribution is -0.126. The zero-order valence-corrected chi connectivity index (χ0v) is 15.7. The first-order valence-corrected chi connectivity index (χ1v) is 10.2. The molecule has 27 heavy (non-hydrogen) atoms. The zero-order chi connectivity index (χ0) is 18.9. The third-order valence-corrected chi connectivity index (χ3v) is 6.52. The molecule has 2 N–H and O–H groups in total. The molecule has 0 radical (unpaired) electrons.